The molecule has 1 aliphatic heterocycles. The molecule has 2 heteroatoms. The van der Waals surface area contributed by atoms with Crippen LogP contribution < -0.4 is 0 Å². The van der Waals surface area contributed by atoms with E-state index in [1.807, 2.05) is 18.2 Å². The fraction of sp³-hybridized carbons (Fsp3) is 0.250. The third kappa shape index (κ3) is 2.07. The minimum atomic E-state index is -0.0591. The molecule has 72 valence electrons. The molecule has 1 aromatic rings. The molecule has 1 heterocycles. The molecule has 0 bridgehead atoms. The Bertz CT molecular complexity index is 377. The summed E-state index contributed by atoms with van der Waals surface area (Å²) in [6.45, 7) is 4.23. The van der Waals surface area contributed by atoms with E-state index in [2.05, 4.69) is 42.5 Å². The summed E-state index contributed by atoms with van der Waals surface area (Å²) in [6.07, 6.45) is 2.13. The maximum absolute atomic E-state index is 4.68. The predicted octanol–water partition coefficient (Wildman–Crippen LogP) is 3.47. The number of rotatable bonds is 1. The minimum Gasteiger partial charge on any atom is -0.267 e. The summed E-state index contributed by atoms with van der Waals surface area (Å²) in [5.74, 6) is 0. The normalized spacial score (nSPS) is 19.1. The monoisotopic (exact) mass is 203 g/mol. The Labute approximate surface area is 88.9 Å². The van der Waals surface area contributed by atoms with E-state index < -0.39 is 0 Å². The Hall–Kier alpha value is -1.02. The highest BCUT2D eigenvalue weighted by Gasteiger charge is 2.17. The van der Waals surface area contributed by atoms with Gasteiger partial charge in [-0.25, -0.2) is 0 Å². The molecule has 0 saturated carbocycles. The van der Waals surface area contributed by atoms with Gasteiger partial charge < -0.3 is 0 Å². The van der Waals surface area contributed by atoms with Gasteiger partial charge in [0.25, 0.3) is 0 Å². The smallest absolute Gasteiger partial charge is 0.103 e. The van der Waals surface area contributed by atoms with Crippen molar-refractivity contribution in [2.45, 2.75) is 19.4 Å². The van der Waals surface area contributed by atoms with E-state index in [1.165, 1.54) is 5.56 Å². The maximum atomic E-state index is 4.68. The standard InChI is InChI=1S/C12H13NS/c1-12(2)8-9-14-11(13-12)10-6-4-3-5-7-10/h3-9H,1-2H3. The second kappa shape index (κ2) is 3.62. The van der Waals surface area contributed by atoms with Crippen molar-refractivity contribution in [1.29, 1.82) is 0 Å². The molecule has 0 amide bonds. The van der Waals surface area contributed by atoms with Crippen molar-refractivity contribution in [2.24, 2.45) is 4.99 Å². The highest BCUT2D eigenvalue weighted by atomic mass is 32.2. The van der Waals surface area contributed by atoms with Crippen LogP contribution in [0.3, 0.4) is 0 Å². The van der Waals surface area contributed by atoms with Crippen LogP contribution in [0.15, 0.2) is 46.8 Å². The van der Waals surface area contributed by atoms with Crippen molar-refractivity contribution >= 4 is 16.8 Å². The zero-order valence-corrected chi connectivity index (χ0v) is 9.21. The predicted molar refractivity (Wildman–Crippen MR) is 63.8 cm³/mol. The van der Waals surface area contributed by atoms with Gasteiger partial charge in [-0.15, -0.1) is 0 Å². The van der Waals surface area contributed by atoms with Gasteiger partial charge in [0, 0.05) is 5.56 Å². The summed E-state index contributed by atoms with van der Waals surface area (Å²) in [5, 5.41) is 3.23. The number of hydrogen-bond donors (Lipinski definition) is 0. The Balaban J connectivity index is 2.33. The largest absolute Gasteiger partial charge is 0.267 e. The molecule has 1 aromatic carbocycles. The second-order valence-corrected chi connectivity index (χ2v) is 4.75. The average molecular weight is 203 g/mol. The summed E-state index contributed by atoms with van der Waals surface area (Å²) >= 11 is 1.69. The van der Waals surface area contributed by atoms with Crippen molar-refractivity contribution in [1.82, 2.24) is 0 Å². The third-order valence-electron chi connectivity index (χ3n) is 2.07. The Morgan fingerprint density at radius 1 is 1.14 bits per heavy atom. The van der Waals surface area contributed by atoms with Crippen molar-refractivity contribution < 1.29 is 0 Å². The SMILES string of the molecule is CC1(C)C=CSC(c2ccccc2)=N1. The molecule has 0 radical (unpaired) electrons. The molecule has 0 atom stereocenters. The summed E-state index contributed by atoms with van der Waals surface area (Å²) in [4.78, 5) is 4.68. The lowest BCUT2D eigenvalue weighted by molar-refractivity contribution is 0.660. The van der Waals surface area contributed by atoms with Crippen molar-refractivity contribution in [3.05, 3.63) is 47.4 Å². The molecule has 0 fully saturated rings. The zero-order chi connectivity index (χ0) is 10.0. The van der Waals surface area contributed by atoms with Gasteiger partial charge in [-0.05, 0) is 19.3 Å². The van der Waals surface area contributed by atoms with E-state index in [1.54, 1.807) is 11.8 Å². The molecule has 1 aliphatic rings. The Morgan fingerprint density at radius 3 is 2.50 bits per heavy atom. The first-order valence-corrected chi connectivity index (χ1v) is 5.55. The quantitative estimate of drug-likeness (QED) is 0.680. The molecule has 0 saturated heterocycles. The third-order valence-corrected chi connectivity index (χ3v) is 2.89. The molecule has 0 unspecified atom stereocenters. The number of thioether (sulfide) groups is 1. The number of hydrogen-bond acceptors (Lipinski definition) is 2. The van der Waals surface area contributed by atoms with Crippen LogP contribution in [-0.2, 0) is 0 Å². The van der Waals surface area contributed by atoms with Gasteiger partial charge >= 0.3 is 0 Å². The van der Waals surface area contributed by atoms with Crippen LogP contribution >= 0.6 is 11.8 Å². The first-order chi connectivity index (χ1) is 6.67. The minimum absolute atomic E-state index is 0.0591. The van der Waals surface area contributed by atoms with Gasteiger partial charge in [0.05, 0.1) is 5.54 Å². The zero-order valence-electron chi connectivity index (χ0n) is 8.40. The molecule has 2 rings (SSSR count). The van der Waals surface area contributed by atoms with Crippen LogP contribution in [-0.4, -0.2) is 10.6 Å². The van der Waals surface area contributed by atoms with Crippen LogP contribution in [0.25, 0.3) is 0 Å². The van der Waals surface area contributed by atoms with Crippen molar-refractivity contribution in [2.75, 3.05) is 0 Å². The van der Waals surface area contributed by atoms with Crippen LogP contribution in [0.5, 0.6) is 0 Å². The van der Waals surface area contributed by atoms with Gasteiger partial charge in [0.2, 0.25) is 0 Å². The highest BCUT2D eigenvalue weighted by molar-refractivity contribution is 8.16. The number of nitrogens with zero attached hydrogens (tertiary/aromatic N) is 1. The lowest BCUT2D eigenvalue weighted by Crippen LogP contribution is -2.17. The van der Waals surface area contributed by atoms with Crippen molar-refractivity contribution in [3.63, 3.8) is 0 Å². The lowest BCUT2D eigenvalue weighted by atomic mass is 10.1. The first-order valence-electron chi connectivity index (χ1n) is 4.67. The van der Waals surface area contributed by atoms with Gasteiger partial charge in [0.15, 0.2) is 0 Å². The summed E-state index contributed by atoms with van der Waals surface area (Å²) < 4.78 is 0. The van der Waals surface area contributed by atoms with E-state index in [4.69, 9.17) is 0 Å². The molecular formula is C12H13NS. The van der Waals surface area contributed by atoms with Gasteiger partial charge in [0.1, 0.15) is 5.04 Å². The topological polar surface area (TPSA) is 12.4 Å². The number of aliphatic imine (C=N–C) groups is 1. The maximum Gasteiger partial charge on any atom is 0.103 e. The summed E-state index contributed by atoms with van der Waals surface area (Å²) in [5.41, 5.74) is 1.14. The van der Waals surface area contributed by atoms with Crippen LogP contribution in [0.2, 0.25) is 0 Å². The lowest BCUT2D eigenvalue weighted by Gasteiger charge is -2.20. The van der Waals surface area contributed by atoms with Crippen LogP contribution in [0.1, 0.15) is 19.4 Å². The van der Waals surface area contributed by atoms with Gasteiger partial charge in [-0.1, -0.05) is 48.2 Å². The molecule has 0 N–H and O–H groups in total. The van der Waals surface area contributed by atoms with Crippen molar-refractivity contribution in [3.8, 4) is 0 Å². The van der Waals surface area contributed by atoms with Crippen LogP contribution in [0, 0.1) is 0 Å². The Kier molecular flexibility index (Phi) is 2.46. The fourth-order valence-corrected chi connectivity index (χ4v) is 2.39. The molecule has 0 spiro atoms. The van der Waals surface area contributed by atoms with Crippen LogP contribution in [0.4, 0.5) is 0 Å². The molecule has 0 aliphatic carbocycles. The summed E-state index contributed by atoms with van der Waals surface area (Å²) in [7, 11) is 0. The summed E-state index contributed by atoms with van der Waals surface area (Å²) in [6, 6.07) is 10.3. The molecule has 14 heavy (non-hydrogen) atoms. The van der Waals surface area contributed by atoms with Gasteiger partial charge in [-0.3, -0.25) is 4.99 Å². The van der Waals surface area contributed by atoms with E-state index in [-0.39, 0.29) is 5.54 Å². The van der Waals surface area contributed by atoms with Gasteiger partial charge in [-0.2, -0.15) is 0 Å². The first kappa shape index (κ1) is 9.53. The van der Waals surface area contributed by atoms with E-state index in [0.29, 0.717) is 0 Å². The second-order valence-electron chi connectivity index (χ2n) is 3.86. The van der Waals surface area contributed by atoms with E-state index in [0.717, 1.165) is 5.04 Å². The average Bonchev–Trinajstić information content (AvgIpc) is 2.18. The number of benzene rings is 1. The fourth-order valence-electron chi connectivity index (χ4n) is 1.30. The Morgan fingerprint density at radius 2 is 1.86 bits per heavy atom. The van der Waals surface area contributed by atoms with E-state index >= 15 is 0 Å². The molecule has 1 nitrogen and oxygen atoms in total. The molecular weight excluding hydrogens is 190 g/mol. The van der Waals surface area contributed by atoms with E-state index in [9.17, 15) is 0 Å². The molecule has 0 aromatic heterocycles. The highest BCUT2D eigenvalue weighted by Crippen LogP contribution is 2.26.